The number of ether oxygens (including phenoxy) is 1. The summed E-state index contributed by atoms with van der Waals surface area (Å²) in [5.74, 6) is 0. The molecule has 0 saturated carbocycles. The molecule has 128 valence electrons. The molecular formula is C19H30N2O2. The van der Waals surface area contributed by atoms with E-state index >= 15 is 0 Å². The van der Waals surface area contributed by atoms with Gasteiger partial charge in [-0.3, -0.25) is 5.32 Å². The summed E-state index contributed by atoms with van der Waals surface area (Å²) in [4.78, 5) is 11.9. The van der Waals surface area contributed by atoms with E-state index in [-0.39, 0.29) is 0 Å². The first-order valence-corrected chi connectivity index (χ1v) is 8.67. The average Bonchev–Trinajstić information content (AvgIpc) is 2.45. The minimum atomic E-state index is -0.483. The fourth-order valence-electron chi connectivity index (χ4n) is 2.95. The molecule has 0 aliphatic heterocycles. The van der Waals surface area contributed by atoms with Crippen LogP contribution >= 0.6 is 0 Å². The van der Waals surface area contributed by atoms with Crippen LogP contribution in [0.2, 0.25) is 0 Å². The molecular weight excluding hydrogens is 288 g/mol. The standard InChI is InChI=1S/C19H30N2O2/c1-6-13(2)20-17-9-7-8-14-12-15(10-11-16(14)17)21-18(22)23-19(3,4)5/h10-13,17,20H,6-9H2,1-5H3,(H,21,22). The largest absolute Gasteiger partial charge is 0.444 e. The van der Waals surface area contributed by atoms with E-state index < -0.39 is 11.7 Å². The summed E-state index contributed by atoms with van der Waals surface area (Å²) in [5, 5.41) is 6.54. The summed E-state index contributed by atoms with van der Waals surface area (Å²) in [5.41, 5.74) is 3.02. The van der Waals surface area contributed by atoms with E-state index in [9.17, 15) is 4.79 Å². The molecule has 2 rings (SSSR count). The summed E-state index contributed by atoms with van der Waals surface area (Å²) >= 11 is 0. The molecule has 1 amide bonds. The lowest BCUT2D eigenvalue weighted by Gasteiger charge is -2.29. The molecule has 0 aromatic heterocycles. The molecule has 0 bridgehead atoms. The first kappa shape index (κ1) is 17.8. The summed E-state index contributed by atoms with van der Waals surface area (Å²) in [6.07, 6.45) is 4.15. The van der Waals surface area contributed by atoms with Crippen molar-refractivity contribution >= 4 is 11.8 Å². The van der Waals surface area contributed by atoms with Gasteiger partial charge in [-0.05, 0) is 76.6 Å². The molecule has 4 heteroatoms. The smallest absolute Gasteiger partial charge is 0.412 e. The van der Waals surface area contributed by atoms with Gasteiger partial charge >= 0.3 is 6.09 Å². The number of hydrogen-bond donors (Lipinski definition) is 2. The van der Waals surface area contributed by atoms with Gasteiger partial charge in [-0.25, -0.2) is 4.79 Å². The summed E-state index contributed by atoms with van der Waals surface area (Å²) in [7, 11) is 0. The van der Waals surface area contributed by atoms with Crippen LogP contribution in [0.3, 0.4) is 0 Å². The minimum Gasteiger partial charge on any atom is -0.444 e. The zero-order chi connectivity index (χ0) is 17.0. The van der Waals surface area contributed by atoms with Crippen molar-refractivity contribution in [1.82, 2.24) is 5.32 Å². The Morgan fingerprint density at radius 2 is 2.13 bits per heavy atom. The number of aryl methyl sites for hydroxylation is 1. The van der Waals surface area contributed by atoms with Crippen molar-refractivity contribution < 1.29 is 9.53 Å². The summed E-state index contributed by atoms with van der Waals surface area (Å²) < 4.78 is 5.31. The monoisotopic (exact) mass is 318 g/mol. The third-order valence-electron chi connectivity index (χ3n) is 4.20. The van der Waals surface area contributed by atoms with Crippen molar-refractivity contribution in [2.45, 2.75) is 78.0 Å². The van der Waals surface area contributed by atoms with Crippen LogP contribution in [-0.4, -0.2) is 17.7 Å². The number of hydrogen-bond acceptors (Lipinski definition) is 3. The second-order valence-corrected chi connectivity index (χ2v) is 7.46. The molecule has 4 nitrogen and oxygen atoms in total. The first-order chi connectivity index (χ1) is 10.8. The van der Waals surface area contributed by atoms with Crippen LogP contribution in [0, 0.1) is 0 Å². The Balaban J connectivity index is 2.08. The maximum absolute atomic E-state index is 11.9. The highest BCUT2D eigenvalue weighted by atomic mass is 16.6. The Kier molecular flexibility index (Phi) is 5.69. The number of amides is 1. The van der Waals surface area contributed by atoms with Crippen LogP contribution in [-0.2, 0) is 11.2 Å². The van der Waals surface area contributed by atoms with E-state index in [0.717, 1.165) is 18.5 Å². The summed E-state index contributed by atoms with van der Waals surface area (Å²) in [6.45, 7) is 10.0. The third-order valence-corrected chi connectivity index (χ3v) is 4.20. The number of fused-ring (bicyclic) bond motifs is 1. The van der Waals surface area contributed by atoms with Crippen LogP contribution in [0.5, 0.6) is 0 Å². The van der Waals surface area contributed by atoms with Crippen molar-refractivity contribution in [3.63, 3.8) is 0 Å². The van der Waals surface area contributed by atoms with Gasteiger partial charge in [0.15, 0.2) is 0 Å². The van der Waals surface area contributed by atoms with Gasteiger partial charge in [0.25, 0.3) is 0 Å². The van der Waals surface area contributed by atoms with Crippen LogP contribution < -0.4 is 10.6 Å². The summed E-state index contributed by atoms with van der Waals surface area (Å²) in [6, 6.07) is 7.14. The molecule has 2 unspecified atom stereocenters. The second-order valence-electron chi connectivity index (χ2n) is 7.46. The Morgan fingerprint density at radius 1 is 1.39 bits per heavy atom. The number of rotatable bonds is 4. The van der Waals surface area contributed by atoms with E-state index in [1.54, 1.807) is 0 Å². The second kappa shape index (κ2) is 7.35. The van der Waals surface area contributed by atoms with Crippen LogP contribution in [0.15, 0.2) is 18.2 Å². The molecule has 2 atom stereocenters. The molecule has 1 aromatic rings. The predicted octanol–water partition coefficient (Wildman–Crippen LogP) is 4.80. The van der Waals surface area contributed by atoms with Crippen molar-refractivity contribution in [1.29, 1.82) is 0 Å². The Hall–Kier alpha value is -1.55. The highest BCUT2D eigenvalue weighted by Gasteiger charge is 2.22. The van der Waals surface area contributed by atoms with Crippen LogP contribution in [0.1, 0.15) is 71.0 Å². The van der Waals surface area contributed by atoms with Gasteiger partial charge in [-0.15, -0.1) is 0 Å². The number of nitrogens with one attached hydrogen (secondary N) is 2. The normalized spacial score (nSPS) is 18.9. The molecule has 0 radical (unpaired) electrons. The zero-order valence-electron chi connectivity index (χ0n) is 15.0. The minimum absolute atomic E-state index is 0.400. The van der Waals surface area contributed by atoms with E-state index in [1.807, 2.05) is 26.8 Å². The molecule has 0 spiro atoms. The molecule has 1 aliphatic carbocycles. The quantitative estimate of drug-likeness (QED) is 0.838. The lowest BCUT2D eigenvalue weighted by molar-refractivity contribution is 0.0636. The van der Waals surface area contributed by atoms with Gasteiger partial charge in [0.05, 0.1) is 0 Å². The van der Waals surface area contributed by atoms with E-state index in [2.05, 4.69) is 36.6 Å². The van der Waals surface area contributed by atoms with Crippen molar-refractivity contribution in [2.24, 2.45) is 0 Å². The molecule has 0 fully saturated rings. The van der Waals surface area contributed by atoms with Crippen molar-refractivity contribution in [3.8, 4) is 0 Å². The van der Waals surface area contributed by atoms with E-state index in [1.165, 1.54) is 24.0 Å². The molecule has 23 heavy (non-hydrogen) atoms. The van der Waals surface area contributed by atoms with Gasteiger partial charge in [-0.2, -0.15) is 0 Å². The molecule has 0 saturated heterocycles. The van der Waals surface area contributed by atoms with Gasteiger partial charge < -0.3 is 10.1 Å². The van der Waals surface area contributed by atoms with Gasteiger partial charge in [0.1, 0.15) is 5.60 Å². The molecule has 1 aliphatic rings. The number of carbonyl (C=O) groups is 1. The maximum atomic E-state index is 11.9. The highest BCUT2D eigenvalue weighted by Crippen LogP contribution is 2.32. The molecule has 2 N–H and O–H groups in total. The lowest BCUT2D eigenvalue weighted by Crippen LogP contribution is -2.32. The van der Waals surface area contributed by atoms with Gasteiger partial charge in [-0.1, -0.05) is 13.0 Å². The molecule has 1 aromatic carbocycles. The van der Waals surface area contributed by atoms with Crippen LogP contribution in [0.4, 0.5) is 10.5 Å². The zero-order valence-corrected chi connectivity index (χ0v) is 15.0. The van der Waals surface area contributed by atoms with E-state index in [4.69, 9.17) is 4.74 Å². The van der Waals surface area contributed by atoms with Gasteiger partial charge in [0, 0.05) is 17.8 Å². The fraction of sp³-hybridized carbons (Fsp3) is 0.632. The SMILES string of the molecule is CCC(C)NC1CCCc2cc(NC(=O)OC(C)(C)C)ccc21. The van der Waals surface area contributed by atoms with Crippen molar-refractivity contribution in [2.75, 3.05) is 5.32 Å². The van der Waals surface area contributed by atoms with Crippen LogP contribution in [0.25, 0.3) is 0 Å². The Labute approximate surface area is 140 Å². The fourth-order valence-corrected chi connectivity index (χ4v) is 2.95. The number of carbonyl (C=O) groups excluding carboxylic acids is 1. The topological polar surface area (TPSA) is 50.4 Å². The first-order valence-electron chi connectivity index (χ1n) is 8.67. The lowest BCUT2D eigenvalue weighted by atomic mass is 9.87. The Bertz CT molecular complexity index is 549. The predicted molar refractivity (Wildman–Crippen MR) is 94.9 cm³/mol. The maximum Gasteiger partial charge on any atom is 0.412 e. The highest BCUT2D eigenvalue weighted by molar-refractivity contribution is 5.85. The number of anilines is 1. The van der Waals surface area contributed by atoms with Crippen molar-refractivity contribution in [3.05, 3.63) is 29.3 Å². The van der Waals surface area contributed by atoms with E-state index in [0.29, 0.717) is 12.1 Å². The molecule has 0 heterocycles. The average molecular weight is 318 g/mol. The van der Waals surface area contributed by atoms with Gasteiger partial charge in [0.2, 0.25) is 0 Å². The Morgan fingerprint density at radius 3 is 2.78 bits per heavy atom. The third kappa shape index (κ3) is 5.24. The number of benzene rings is 1.